The molecule has 0 atom stereocenters. The number of nitrogens with one attached hydrogen (secondary N) is 1. The van der Waals surface area contributed by atoms with Crippen LogP contribution in [0, 0.1) is 5.92 Å². The molecule has 1 saturated heterocycles. The predicted molar refractivity (Wildman–Crippen MR) is 99.6 cm³/mol. The van der Waals surface area contributed by atoms with Gasteiger partial charge in [-0.2, -0.15) is 0 Å². The van der Waals surface area contributed by atoms with Crippen LogP contribution >= 0.6 is 0 Å². The molecule has 1 aromatic carbocycles. The average Bonchev–Trinajstić information content (AvgIpc) is 2.68. The molecule has 1 aromatic heterocycles. The molecule has 130 valence electrons. The summed E-state index contributed by atoms with van der Waals surface area (Å²) in [6.07, 6.45) is 8.25. The summed E-state index contributed by atoms with van der Waals surface area (Å²) in [6, 6.07) is 10.7. The summed E-state index contributed by atoms with van der Waals surface area (Å²) in [5.41, 5.74) is 1.89. The summed E-state index contributed by atoms with van der Waals surface area (Å²) in [5.74, 6) is 1.24. The summed E-state index contributed by atoms with van der Waals surface area (Å²) in [6.45, 7) is 5.94. The van der Waals surface area contributed by atoms with Gasteiger partial charge in [0.05, 0.1) is 5.56 Å². The minimum absolute atomic E-state index is 0.173. The highest BCUT2D eigenvalue weighted by Gasteiger charge is 2.21. The van der Waals surface area contributed by atoms with E-state index in [1.54, 1.807) is 18.5 Å². The van der Waals surface area contributed by atoms with Crippen LogP contribution in [0.1, 0.15) is 28.8 Å². The van der Waals surface area contributed by atoms with Gasteiger partial charge in [0.15, 0.2) is 0 Å². The van der Waals surface area contributed by atoms with Crippen LogP contribution in [0.15, 0.2) is 55.4 Å². The van der Waals surface area contributed by atoms with E-state index in [2.05, 4.69) is 57.1 Å². The van der Waals surface area contributed by atoms with E-state index in [-0.39, 0.29) is 5.91 Å². The summed E-state index contributed by atoms with van der Waals surface area (Å²) < 4.78 is 0. The summed E-state index contributed by atoms with van der Waals surface area (Å²) >= 11 is 0. The normalized spacial score (nSPS) is 15.0. The van der Waals surface area contributed by atoms with Crippen LogP contribution in [0.4, 0.5) is 5.95 Å². The van der Waals surface area contributed by atoms with Gasteiger partial charge in [-0.25, -0.2) is 9.97 Å². The van der Waals surface area contributed by atoms with Crippen LogP contribution in [-0.2, 0) is 6.42 Å². The quantitative estimate of drug-likeness (QED) is 0.824. The van der Waals surface area contributed by atoms with Crippen molar-refractivity contribution >= 4 is 11.9 Å². The standard InChI is InChI=1S/C20H24N4O/c1-2-10-21-19(25)18-14-22-20(23-15-18)24-11-8-17(9-12-24)13-16-6-4-3-5-7-16/h2-7,14-15,17H,1,8-13H2,(H,21,25). The number of aromatic nitrogens is 2. The van der Waals surface area contributed by atoms with Gasteiger partial charge in [-0.05, 0) is 30.7 Å². The second kappa shape index (κ2) is 8.42. The molecule has 3 rings (SSSR count). The van der Waals surface area contributed by atoms with E-state index in [1.165, 1.54) is 5.56 Å². The number of piperidine rings is 1. The minimum atomic E-state index is -0.173. The molecule has 0 bridgehead atoms. The Hall–Kier alpha value is -2.69. The molecular formula is C20H24N4O. The van der Waals surface area contributed by atoms with Gasteiger partial charge in [0.2, 0.25) is 5.95 Å². The van der Waals surface area contributed by atoms with Crippen LogP contribution in [-0.4, -0.2) is 35.5 Å². The molecule has 0 spiro atoms. The number of anilines is 1. The predicted octanol–water partition coefficient (Wildman–Crippen LogP) is 2.85. The van der Waals surface area contributed by atoms with Gasteiger partial charge in [0.1, 0.15) is 0 Å². The van der Waals surface area contributed by atoms with E-state index in [0.717, 1.165) is 32.4 Å². The van der Waals surface area contributed by atoms with Crippen molar-refractivity contribution in [3.63, 3.8) is 0 Å². The van der Waals surface area contributed by atoms with Crippen LogP contribution in [0.5, 0.6) is 0 Å². The summed E-state index contributed by atoms with van der Waals surface area (Å²) in [5, 5.41) is 2.73. The molecular weight excluding hydrogens is 312 g/mol. The summed E-state index contributed by atoms with van der Waals surface area (Å²) in [7, 11) is 0. The summed E-state index contributed by atoms with van der Waals surface area (Å²) in [4.78, 5) is 22.8. The van der Waals surface area contributed by atoms with Gasteiger partial charge in [-0.15, -0.1) is 6.58 Å². The van der Waals surface area contributed by atoms with E-state index in [9.17, 15) is 4.79 Å². The number of carbonyl (C=O) groups is 1. The zero-order chi connectivity index (χ0) is 17.5. The van der Waals surface area contributed by atoms with E-state index >= 15 is 0 Å². The van der Waals surface area contributed by atoms with E-state index in [1.807, 2.05) is 0 Å². The Morgan fingerprint density at radius 1 is 1.20 bits per heavy atom. The lowest BCUT2D eigenvalue weighted by Gasteiger charge is -2.32. The molecule has 1 amide bonds. The first-order valence-corrected chi connectivity index (χ1v) is 8.76. The third-order valence-electron chi connectivity index (χ3n) is 4.57. The molecule has 25 heavy (non-hydrogen) atoms. The van der Waals surface area contributed by atoms with Gasteiger partial charge in [-0.1, -0.05) is 36.4 Å². The Morgan fingerprint density at radius 3 is 2.52 bits per heavy atom. The van der Waals surface area contributed by atoms with E-state index in [0.29, 0.717) is 24.0 Å². The number of hydrogen-bond acceptors (Lipinski definition) is 4. The number of nitrogens with zero attached hydrogens (tertiary/aromatic N) is 3. The first kappa shape index (κ1) is 17.1. The lowest BCUT2D eigenvalue weighted by atomic mass is 9.90. The van der Waals surface area contributed by atoms with Crippen LogP contribution in [0.3, 0.4) is 0 Å². The molecule has 5 heteroatoms. The van der Waals surface area contributed by atoms with Gasteiger partial charge in [0, 0.05) is 32.0 Å². The first-order chi connectivity index (χ1) is 12.3. The molecule has 1 N–H and O–H groups in total. The topological polar surface area (TPSA) is 58.1 Å². The maximum atomic E-state index is 11.9. The maximum absolute atomic E-state index is 11.9. The number of hydrogen-bond donors (Lipinski definition) is 1. The third kappa shape index (κ3) is 4.66. The minimum Gasteiger partial charge on any atom is -0.348 e. The third-order valence-corrected chi connectivity index (χ3v) is 4.57. The Balaban J connectivity index is 1.52. The Kier molecular flexibility index (Phi) is 5.77. The van der Waals surface area contributed by atoms with Gasteiger partial charge >= 0.3 is 0 Å². The molecule has 0 aliphatic carbocycles. The number of carbonyl (C=O) groups excluding carboxylic acids is 1. The highest BCUT2D eigenvalue weighted by atomic mass is 16.1. The van der Waals surface area contributed by atoms with Gasteiger partial charge < -0.3 is 10.2 Å². The van der Waals surface area contributed by atoms with Gasteiger partial charge in [0.25, 0.3) is 5.91 Å². The zero-order valence-electron chi connectivity index (χ0n) is 14.4. The molecule has 5 nitrogen and oxygen atoms in total. The van der Waals surface area contributed by atoms with Gasteiger partial charge in [-0.3, -0.25) is 4.79 Å². The second-order valence-corrected chi connectivity index (χ2v) is 6.39. The van der Waals surface area contributed by atoms with E-state index in [4.69, 9.17) is 0 Å². The molecule has 2 aromatic rings. The van der Waals surface area contributed by atoms with Crippen molar-refractivity contribution in [2.45, 2.75) is 19.3 Å². The van der Waals surface area contributed by atoms with Crippen LogP contribution in [0.2, 0.25) is 0 Å². The fourth-order valence-corrected chi connectivity index (χ4v) is 3.15. The fourth-order valence-electron chi connectivity index (χ4n) is 3.15. The zero-order valence-corrected chi connectivity index (χ0v) is 14.4. The SMILES string of the molecule is C=CCNC(=O)c1cnc(N2CCC(Cc3ccccc3)CC2)nc1. The molecule has 0 radical (unpaired) electrons. The first-order valence-electron chi connectivity index (χ1n) is 8.76. The number of benzene rings is 1. The highest BCUT2D eigenvalue weighted by Crippen LogP contribution is 2.23. The molecule has 0 saturated carbocycles. The van der Waals surface area contributed by atoms with Crippen molar-refractivity contribution in [1.29, 1.82) is 0 Å². The molecule has 1 aliphatic heterocycles. The second-order valence-electron chi connectivity index (χ2n) is 6.39. The molecule has 1 fully saturated rings. The van der Waals surface area contributed by atoms with Crippen molar-refractivity contribution in [3.05, 3.63) is 66.5 Å². The fraction of sp³-hybridized carbons (Fsp3) is 0.350. The van der Waals surface area contributed by atoms with E-state index < -0.39 is 0 Å². The van der Waals surface area contributed by atoms with Crippen LogP contribution < -0.4 is 10.2 Å². The Labute approximate surface area is 148 Å². The molecule has 0 unspecified atom stereocenters. The lowest BCUT2D eigenvalue weighted by Crippen LogP contribution is -2.35. The van der Waals surface area contributed by atoms with Crippen molar-refractivity contribution in [2.24, 2.45) is 5.92 Å². The lowest BCUT2D eigenvalue weighted by molar-refractivity contribution is 0.0957. The molecule has 1 aliphatic rings. The largest absolute Gasteiger partial charge is 0.348 e. The smallest absolute Gasteiger partial charge is 0.254 e. The molecule has 2 heterocycles. The highest BCUT2D eigenvalue weighted by molar-refractivity contribution is 5.93. The van der Waals surface area contributed by atoms with Crippen LogP contribution in [0.25, 0.3) is 0 Å². The number of amides is 1. The average molecular weight is 336 g/mol. The van der Waals surface area contributed by atoms with Crippen molar-refractivity contribution in [2.75, 3.05) is 24.5 Å². The Bertz CT molecular complexity index is 691. The van der Waals surface area contributed by atoms with Crippen molar-refractivity contribution < 1.29 is 4.79 Å². The van der Waals surface area contributed by atoms with Crippen molar-refractivity contribution in [1.82, 2.24) is 15.3 Å². The Morgan fingerprint density at radius 2 is 1.88 bits per heavy atom. The maximum Gasteiger partial charge on any atom is 0.254 e. The van der Waals surface area contributed by atoms with Crippen molar-refractivity contribution in [3.8, 4) is 0 Å². The number of rotatable bonds is 6. The monoisotopic (exact) mass is 336 g/mol.